The summed E-state index contributed by atoms with van der Waals surface area (Å²) in [6.07, 6.45) is 7.91. The van der Waals surface area contributed by atoms with Crippen LogP contribution in [0.4, 0.5) is 5.69 Å². The number of carbonyl (C=O) groups excluding carboxylic acids is 2. The van der Waals surface area contributed by atoms with E-state index in [1.807, 2.05) is 15.8 Å². The number of anilines is 1. The Labute approximate surface area is 159 Å². The highest BCUT2D eigenvalue weighted by Crippen LogP contribution is 2.29. The molecule has 1 unspecified atom stereocenters. The van der Waals surface area contributed by atoms with Gasteiger partial charge in [-0.15, -0.1) is 0 Å². The molecule has 2 amide bonds. The van der Waals surface area contributed by atoms with Crippen LogP contribution in [0.3, 0.4) is 0 Å². The first-order valence-corrected chi connectivity index (χ1v) is 9.98. The summed E-state index contributed by atoms with van der Waals surface area (Å²) >= 11 is 0. The molecule has 148 valence electrons. The van der Waals surface area contributed by atoms with Crippen LogP contribution in [0.5, 0.6) is 0 Å². The number of hydrogen-bond acceptors (Lipinski definition) is 5. The third-order valence-electron chi connectivity index (χ3n) is 6.05. The summed E-state index contributed by atoms with van der Waals surface area (Å²) in [6.45, 7) is 5.77. The van der Waals surface area contributed by atoms with Crippen LogP contribution >= 0.6 is 0 Å². The fraction of sp³-hybridized carbons (Fsp3) is 0.737. The van der Waals surface area contributed by atoms with Gasteiger partial charge in [0.25, 0.3) is 0 Å². The van der Waals surface area contributed by atoms with Crippen molar-refractivity contribution < 1.29 is 14.7 Å². The van der Waals surface area contributed by atoms with Gasteiger partial charge in [0, 0.05) is 52.3 Å². The highest BCUT2D eigenvalue weighted by Gasteiger charge is 2.39. The first kappa shape index (κ1) is 18.4. The highest BCUT2D eigenvalue weighted by atomic mass is 16.3. The summed E-state index contributed by atoms with van der Waals surface area (Å²) in [5.41, 5.74) is 0.0557. The van der Waals surface area contributed by atoms with E-state index < -0.39 is 5.60 Å². The molecule has 1 aromatic rings. The molecule has 3 aliphatic heterocycles. The first-order chi connectivity index (χ1) is 12.9. The second-order valence-corrected chi connectivity index (χ2v) is 8.30. The number of aromatic nitrogens is 2. The second kappa shape index (κ2) is 7.24. The minimum atomic E-state index is -0.829. The van der Waals surface area contributed by atoms with Gasteiger partial charge in [0.2, 0.25) is 11.8 Å². The van der Waals surface area contributed by atoms with E-state index in [0.717, 1.165) is 57.5 Å². The normalized spacial score (nSPS) is 27.7. The van der Waals surface area contributed by atoms with E-state index in [1.54, 1.807) is 18.0 Å². The first-order valence-electron chi connectivity index (χ1n) is 9.98. The molecule has 3 saturated heterocycles. The number of nitrogens with zero attached hydrogens (tertiary/aromatic N) is 5. The van der Waals surface area contributed by atoms with E-state index in [-0.39, 0.29) is 17.9 Å². The number of rotatable bonds is 4. The number of likely N-dealkylation sites (tertiary alicyclic amines) is 2. The van der Waals surface area contributed by atoms with E-state index in [1.165, 1.54) is 0 Å². The Morgan fingerprint density at radius 1 is 1.30 bits per heavy atom. The molecule has 1 N–H and O–H groups in total. The Hall–Kier alpha value is -1.93. The van der Waals surface area contributed by atoms with Gasteiger partial charge in [-0.05, 0) is 25.7 Å². The van der Waals surface area contributed by atoms with Gasteiger partial charge in [-0.2, -0.15) is 5.10 Å². The topological polar surface area (TPSA) is 81.9 Å². The van der Waals surface area contributed by atoms with Crippen molar-refractivity contribution in [1.82, 2.24) is 19.6 Å². The number of amides is 2. The van der Waals surface area contributed by atoms with Crippen LogP contribution in [0.2, 0.25) is 0 Å². The molecule has 0 saturated carbocycles. The molecule has 3 aliphatic rings. The average Bonchev–Trinajstić information content (AvgIpc) is 3.17. The number of carbonyl (C=O) groups is 2. The minimum Gasteiger partial charge on any atom is -0.387 e. The summed E-state index contributed by atoms with van der Waals surface area (Å²) in [5, 5.41) is 15.5. The van der Waals surface area contributed by atoms with E-state index in [9.17, 15) is 14.7 Å². The molecule has 0 bridgehead atoms. The van der Waals surface area contributed by atoms with Crippen molar-refractivity contribution in [1.29, 1.82) is 0 Å². The summed E-state index contributed by atoms with van der Waals surface area (Å²) in [4.78, 5) is 29.4. The molecule has 8 heteroatoms. The molecule has 0 spiro atoms. The van der Waals surface area contributed by atoms with Crippen molar-refractivity contribution in [2.75, 3.05) is 44.2 Å². The maximum absolute atomic E-state index is 11.9. The smallest absolute Gasteiger partial charge is 0.227 e. The lowest BCUT2D eigenvalue weighted by atomic mass is 9.94. The van der Waals surface area contributed by atoms with Crippen molar-refractivity contribution in [2.45, 2.75) is 50.7 Å². The van der Waals surface area contributed by atoms with Crippen LogP contribution < -0.4 is 4.90 Å². The van der Waals surface area contributed by atoms with E-state index >= 15 is 0 Å². The molecule has 27 heavy (non-hydrogen) atoms. The molecule has 0 aliphatic carbocycles. The quantitative estimate of drug-likeness (QED) is 0.835. The zero-order valence-electron chi connectivity index (χ0n) is 16.0. The van der Waals surface area contributed by atoms with Gasteiger partial charge >= 0.3 is 0 Å². The van der Waals surface area contributed by atoms with Crippen LogP contribution in [0.25, 0.3) is 0 Å². The van der Waals surface area contributed by atoms with Crippen LogP contribution in [-0.2, 0) is 9.59 Å². The average molecular weight is 375 g/mol. The summed E-state index contributed by atoms with van der Waals surface area (Å²) in [7, 11) is 0. The Morgan fingerprint density at radius 2 is 2.11 bits per heavy atom. The predicted octanol–water partition coefficient (Wildman–Crippen LogP) is 0.630. The van der Waals surface area contributed by atoms with Crippen LogP contribution in [0, 0.1) is 0 Å². The molecular formula is C19H29N5O3. The second-order valence-electron chi connectivity index (χ2n) is 8.30. The van der Waals surface area contributed by atoms with Gasteiger partial charge in [0.1, 0.15) is 0 Å². The van der Waals surface area contributed by atoms with Gasteiger partial charge in [-0.25, -0.2) is 0 Å². The van der Waals surface area contributed by atoms with Gasteiger partial charge in [-0.3, -0.25) is 19.2 Å². The maximum atomic E-state index is 11.9. The van der Waals surface area contributed by atoms with E-state index in [4.69, 9.17) is 0 Å². The maximum Gasteiger partial charge on any atom is 0.227 e. The van der Waals surface area contributed by atoms with Crippen molar-refractivity contribution in [3.05, 3.63) is 12.4 Å². The molecule has 1 aromatic heterocycles. The molecule has 3 fully saturated rings. The number of β-amino-alcohol motifs (C(OH)–C–C–N with tert-alkyl or cyclic N) is 1. The molecule has 4 rings (SSSR count). The van der Waals surface area contributed by atoms with Crippen molar-refractivity contribution in [3.63, 3.8) is 0 Å². The van der Waals surface area contributed by atoms with Gasteiger partial charge in [0.05, 0.1) is 30.1 Å². The van der Waals surface area contributed by atoms with Crippen molar-refractivity contribution in [3.8, 4) is 0 Å². The Balaban J connectivity index is 1.32. The Morgan fingerprint density at radius 3 is 2.81 bits per heavy atom. The summed E-state index contributed by atoms with van der Waals surface area (Å²) in [6, 6.07) is 0.273. The molecule has 1 atom stereocenters. The predicted molar refractivity (Wildman–Crippen MR) is 100 cm³/mol. The number of hydrogen-bond donors (Lipinski definition) is 1. The lowest BCUT2D eigenvalue weighted by Gasteiger charge is -2.44. The summed E-state index contributed by atoms with van der Waals surface area (Å²) in [5.74, 6) is 0.215. The monoisotopic (exact) mass is 375 g/mol. The largest absolute Gasteiger partial charge is 0.387 e. The minimum absolute atomic E-state index is 0.0392. The van der Waals surface area contributed by atoms with E-state index in [0.29, 0.717) is 19.5 Å². The SMILES string of the molecule is CC(=O)N1CCCCC(O)(CN2CC(n3cc(N4CCCC4=O)cn3)C2)C1. The molecule has 0 radical (unpaired) electrons. The third-order valence-corrected chi connectivity index (χ3v) is 6.05. The summed E-state index contributed by atoms with van der Waals surface area (Å²) < 4.78 is 1.94. The fourth-order valence-corrected chi connectivity index (χ4v) is 4.51. The molecule has 0 aromatic carbocycles. The Bertz CT molecular complexity index is 714. The Kier molecular flexibility index (Phi) is 4.94. The van der Waals surface area contributed by atoms with Gasteiger partial charge in [0.15, 0.2) is 0 Å². The van der Waals surface area contributed by atoms with Gasteiger partial charge in [-0.1, -0.05) is 0 Å². The van der Waals surface area contributed by atoms with Crippen LogP contribution in [-0.4, -0.2) is 81.4 Å². The number of aliphatic hydroxyl groups is 1. The van der Waals surface area contributed by atoms with Crippen molar-refractivity contribution in [2.24, 2.45) is 0 Å². The lowest BCUT2D eigenvalue weighted by Crippen LogP contribution is -2.57. The molecule has 4 heterocycles. The van der Waals surface area contributed by atoms with E-state index in [2.05, 4.69) is 10.00 Å². The van der Waals surface area contributed by atoms with Crippen LogP contribution in [0.15, 0.2) is 12.4 Å². The zero-order chi connectivity index (χ0) is 19.0. The fourth-order valence-electron chi connectivity index (χ4n) is 4.51. The highest BCUT2D eigenvalue weighted by molar-refractivity contribution is 5.95. The standard InChI is InChI=1S/C19H29N5O3/c1-15(25)22-7-3-2-6-19(27,14-22)13-21-10-17(11-21)24-12-16(9-20-24)23-8-4-5-18(23)26/h9,12,17,27H,2-8,10-11,13-14H2,1H3. The van der Waals surface area contributed by atoms with Crippen LogP contribution in [0.1, 0.15) is 45.1 Å². The van der Waals surface area contributed by atoms with Gasteiger partial charge < -0.3 is 14.9 Å². The lowest BCUT2D eigenvalue weighted by molar-refractivity contribution is -0.133. The third kappa shape index (κ3) is 3.87. The van der Waals surface area contributed by atoms with Crippen molar-refractivity contribution >= 4 is 17.5 Å². The zero-order valence-corrected chi connectivity index (χ0v) is 16.0. The molecular weight excluding hydrogens is 346 g/mol. The molecule has 8 nitrogen and oxygen atoms in total.